The van der Waals surface area contributed by atoms with E-state index in [-0.39, 0.29) is 11.8 Å². The lowest BCUT2D eigenvalue weighted by atomic mass is 9.97. The maximum absolute atomic E-state index is 12.7. The zero-order valence-electron chi connectivity index (χ0n) is 18.4. The maximum Gasteiger partial charge on any atom is 0.243 e. The van der Waals surface area contributed by atoms with Crippen LogP contribution < -0.4 is 10.1 Å². The molecule has 0 bridgehead atoms. The predicted octanol–water partition coefficient (Wildman–Crippen LogP) is 3.98. The molecule has 0 spiro atoms. The van der Waals surface area contributed by atoms with Gasteiger partial charge in [-0.3, -0.25) is 4.79 Å². The van der Waals surface area contributed by atoms with Crippen LogP contribution in [0.15, 0.2) is 89.8 Å². The van der Waals surface area contributed by atoms with Gasteiger partial charge < -0.3 is 10.1 Å². The fraction of sp³-hybridized carbons (Fsp3) is 0.269. The minimum Gasteiger partial charge on any atom is -0.489 e. The first kappa shape index (κ1) is 23.0. The van der Waals surface area contributed by atoms with Gasteiger partial charge in [-0.25, -0.2) is 8.42 Å². The van der Waals surface area contributed by atoms with Crippen LogP contribution in [0.1, 0.15) is 24.0 Å². The third-order valence-corrected chi connectivity index (χ3v) is 7.76. The van der Waals surface area contributed by atoms with Crippen molar-refractivity contribution < 1.29 is 17.9 Å². The lowest BCUT2D eigenvalue weighted by Crippen LogP contribution is -2.42. The second kappa shape index (κ2) is 10.6. The highest BCUT2D eigenvalue weighted by Crippen LogP contribution is 2.24. The van der Waals surface area contributed by atoms with Crippen LogP contribution in [0.5, 0.6) is 5.75 Å². The normalized spacial score (nSPS) is 15.2. The van der Waals surface area contributed by atoms with Gasteiger partial charge in [0, 0.05) is 25.6 Å². The van der Waals surface area contributed by atoms with E-state index in [0.717, 1.165) is 16.9 Å². The Morgan fingerprint density at radius 1 is 0.848 bits per heavy atom. The van der Waals surface area contributed by atoms with E-state index >= 15 is 0 Å². The molecule has 0 radical (unpaired) electrons. The minimum atomic E-state index is -3.50. The largest absolute Gasteiger partial charge is 0.489 e. The first-order valence-corrected chi connectivity index (χ1v) is 12.5. The maximum atomic E-state index is 12.7. The van der Waals surface area contributed by atoms with Gasteiger partial charge in [0.05, 0.1) is 4.90 Å². The smallest absolute Gasteiger partial charge is 0.243 e. The lowest BCUT2D eigenvalue weighted by molar-refractivity contribution is -0.126. The molecule has 1 amide bonds. The fourth-order valence-electron chi connectivity index (χ4n) is 3.87. The number of sulfonamides is 1. The van der Waals surface area contributed by atoms with Crippen LogP contribution in [0.3, 0.4) is 0 Å². The van der Waals surface area contributed by atoms with Crippen molar-refractivity contribution in [2.45, 2.75) is 30.9 Å². The summed E-state index contributed by atoms with van der Waals surface area (Å²) in [5.41, 5.74) is 2.07. The highest BCUT2D eigenvalue weighted by molar-refractivity contribution is 7.89. The summed E-state index contributed by atoms with van der Waals surface area (Å²) in [5.74, 6) is 0.630. The molecule has 1 heterocycles. The lowest BCUT2D eigenvalue weighted by Gasteiger charge is -2.30. The number of benzene rings is 3. The Balaban J connectivity index is 1.23. The molecule has 3 aromatic carbocycles. The van der Waals surface area contributed by atoms with Crippen LogP contribution in [0.2, 0.25) is 0 Å². The summed E-state index contributed by atoms with van der Waals surface area (Å²) >= 11 is 0. The summed E-state index contributed by atoms with van der Waals surface area (Å²) in [6.07, 6.45) is 1.04. The number of hydrogen-bond acceptors (Lipinski definition) is 4. The van der Waals surface area contributed by atoms with Gasteiger partial charge in [-0.05, 0) is 48.2 Å². The van der Waals surface area contributed by atoms with Crippen molar-refractivity contribution in [2.24, 2.45) is 5.92 Å². The summed E-state index contributed by atoms with van der Waals surface area (Å²) in [6.45, 7) is 1.64. The topological polar surface area (TPSA) is 75.7 Å². The zero-order valence-corrected chi connectivity index (χ0v) is 19.2. The van der Waals surface area contributed by atoms with E-state index in [1.807, 2.05) is 54.6 Å². The molecule has 3 aromatic rings. The molecule has 0 unspecified atom stereocenters. The monoisotopic (exact) mass is 464 g/mol. The van der Waals surface area contributed by atoms with Crippen LogP contribution in [0.25, 0.3) is 0 Å². The highest BCUT2D eigenvalue weighted by Gasteiger charge is 2.31. The quantitative estimate of drug-likeness (QED) is 0.547. The van der Waals surface area contributed by atoms with Gasteiger partial charge >= 0.3 is 0 Å². The number of para-hydroxylation sites is 1. The van der Waals surface area contributed by atoms with E-state index in [2.05, 4.69) is 5.32 Å². The van der Waals surface area contributed by atoms with Crippen LogP contribution >= 0.6 is 0 Å². The Morgan fingerprint density at radius 2 is 1.42 bits per heavy atom. The molecule has 1 fully saturated rings. The molecular weight excluding hydrogens is 436 g/mol. The Kier molecular flexibility index (Phi) is 7.42. The van der Waals surface area contributed by atoms with Gasteiger partial charge in [0.15, 0.2) is 0 Å². The van der Waals surface area contributed by atoms with Crippen molar-refractivity contribution in [3.63, 3.8) is 0 Å². The summed E-state index contributed by atoms with van der Waals surface area (Å²) in [5, 5.41) is 2.99. The molecule has 33 heavy (non-hydrogen) atoms. The summed E-state index contributed by atoms with van der Waals surface area (Å²) in [4.78, 5) is 12.9. The van der Waals surface area contributed by atoms with Crippen LogP contribution in [0.4, 0.5) is 0 Å². The summed E-state index contributed by atoms with van der Waals surface area (Å²) < 4.78 is 32.7. The molecule has 1 saturated heterocycles. The molecular formula is C26H28N2O4S. The zero-order chi connectivity index (χ0) is 23.1. The molecule has 1 aliphatic heterocycles. The van der Waals surface area contributed by atoms with Crippen LogP contribution in [-0.4, -0.2) is 31.7 Å². The van der Waals surface area contributed by atoms with Gasteiger partial charge in [-0.15, -0.1) is 0 Å². The predicted molar refractivity (Wildman–Crippen MR) is 127 cm³/mol. The molecule has 0 aliphatic carbocycles. The summed E-state index contributed by atoms with van der Waals surface area (Å²) in [6, 6.07) is 26.1. The summed E-state index contributed by atoms with van der Waals surface area (Å²) in [7, 11) is -3.50. The molecule has 1 aliphatic rings. The van der Waals surface area contributed by atoms with Gasteiger partial charge in [0.25, 0.3) is 0 Å². The highest BCUT2D eigenvalue weighted by atomic mass is 32.2. The standard InChI is InChI=1S/C26H28N2O4S/c29-26(23-15-17-28(18-16-23)33(30,31)25-9-5-2-6-10-25)27-19-21-11-13-22(14-12-21)20-32-24-7-3-1-4-8-24/h1-14,23H,15-20H2,(H,27,29). The Bertz CT molecular complexity index is 1140. The van der Waals surface area contributed by atoms with E-state index in [9.17, 15) is 13.2 Å². The second-order valence-electron chi connectivity index (χ2n) is 8.13. The van der Waals surface area contributed by atoms with Crippen molar-refractivity contribution in [1.82, 2.24) is 9.62 Å². The van der Waals surface area contributed by atoms with Crippen molar-refractivity contribution in [2.75, 3.05) is 13.1 Å². The van der Waals surface area contributed by atoms with Gasteiger partial charge in [-0.1, -0.05) is 60.7 Å². The SMILES string of the molecule is O=C(NCc1ccc(COc2ccccc2)cc1)C1CCN(S(=O)(=O)c2ccccc2)CC1. The number of amides is 1. The fourth-order valence-corrected chi connectivity index (χ4v) is 5.36. The Labute approximate surface area is 195 Å². The van der Waals surface area contributed by atoms with E-state index < -0.39 is 10.0 Å². The second-order valence-corrected chi connectivity index (χ2v) is 10.1. The van der Waals surface area contributed by atoms with Gasteiger partial charge in [0.2, 0.25) is 15.9 Å². The number of nitrogens with one attached hydrogen (secondary N) is 1. The molecule has 7 heteroatoms. The average Bonchev–Trinajstić information content (AvgIpc) is 2.88. The Morgan fingerprint density at radius 3 is 2.06 bits per heavy atom. The molecule has 6 nitrogen and oxygen atoms in total. The third-order valence-electron chi connectivity index (χ3n) is 5.84. The number of carbonyl (C=O) groups excluding carboxylic acids is 1. The number of piperidine rings is 1. The van der Waals surface area contributed by atoms with Crippen molar-refractivity contribution in [1.29, 1.82) is 0 Å². The van der Waals surface area contributed by atoms with E-state index in [4.69, 9.17) is 4.74 Å². The molecule has 4 rings (SSSR count). The van der Waals surface area contributed by atoms with Crippen molar-refractivity contribution in [3.05, 3.63) is 96.1 Å². The van der Waals surface area contributed by atoms with Crippen molar-refractivity contribution in [3.8, 4) is 5.75 Å². The number of hydrogen-bond donors (Lipinski definition) is 1. The van der Waals surface area contributed by atoms with E-state index in [1.165, 1.54) is 4.31 Å². The number of nitrogens with zero attached hydrogens (tertiary/aromatic N) is 1. The molecule has 1 N–H and O–H groups in total. The first-order valence-electron chi connectivity index (χ1n) is 11.1. The minimum absolute atomic E-state index is 0.0248. The van der Waals surface area contributed by atoms with Crippen LogP contribution in [-0.2, 0) is 28.0 Å². The van der Waals surface area contributed by atoms with Gasteiger partial charge in [-0.2, -0.15) is 4.31 Å². The average molecular weight is 465 g/mol. The van der Waals surface area contributed by atoms with Crippen molar-refractivity contribution >= 4 is 15.9 Å². The van der Waals surface area contributed by atoms with Crippen LogP contribution in [0, 0.1) is 5.92 Å². The Hall–Kier alpha value is -3.16. The van der Waals surface area contributed by atoms with Gasteiger partial charge in [0.1, 0.15) is 12.4 Å². The van der Waals surface area contributed by atoms with E-state index in [1.54, 1.807) is 30.3 Å². The number of rotatable bonds is 8. The third kappa shape index (κ3) is 6.00. The number of ether oxygens (including phenoxy) is 1. The molecule has 0 aromatic heterocycles. The first-order chi connectivity index (χ1) is 16.0. The molecule has 0 atom stereocenters. The molecule has 172 valence electrons. The molecule has 0 saturated carbocycles. The number of carbonyl (C=O) groups is 1. The van der Waals surface area contributed by atoms with E-state index in [0.29, 0.717) is 44.0 Å².